The summed E-state index contributed by atoms with van der Waals surface area (Å²) in [5, 5.41) is 4.59. The summed E-state index contributed by atoms with van der Waals surface area (Å²) in [4.78, 5) is 15.5. The molecule has 0 radical (unpaired) electrons. The molecule has 25 heavy (non-hydrogen) atoms. The minimum atomic E-state index is -0.369. The number of benzene rings is 1. The van der Waals surface area contributed by atoms with Crippen molar-refractivity contribution in [1.29, 1.82) is 0 Å². The first-order valence-corrected chi connectivity index (χ1v) is 9.81. The van der Waals surface area contributed by atoms with Crippen LogP contribution in [-0.2, 0) is 10.2 Å². The van der Waals surface area contributed by atoms with Gasteiger partial charge in [-0.25, -0.2) is 0 Å². The van der Waals surface area contributed by atoms with Crippen molar-refractivity contribution in [2.24, 2.45) is 11.8 Å². The Kier molecular flexibility index (Phi) is 5.89. The van der Waals surface area contributed by atoms with Gasteiger partial charge in [-0.3, -0.25) is 4.79 Å². The zero-order valence-corrected chi connectivity index (χ0v) is 16.6. The van der Waals surface area contributed by atoms with Gasteiger partial charge < -0.3 is 10.2 Å². The van der Waals surface area contributed by atoms with Crippen LogP contribution < -0.4 is 5.32 Å². The van der Waals surface area contributed by atoms with Crippen molar-refractivity contribution < 1.29 is 4.79 Å². The Hall–Kier alpha value is -0.480. The summed E-state index contributed by atoms with van der Waals surface area (Å²) >= 11 is 12.3. The fourth-order valence-corrected chi connectivity index (χ4v) is 4.97. The lowest BCUT2D eigenvalue weighted by Gasteiger charge is -2.44. The molecule has 1 aromatic rings. The number of rotatable bonds is 2. The molecule has 4 rings (SSSR count). The van der Waals surface area contributed by atoms with E-state index < -0.39 is 0 Å². The third-order valence-corrected chi connectivity index (χ3v) is 7.13. The molecule has 3 nitrogen and oxygen atoms in total. The smallest absolute Gasteiger partial charge is 0.233 e. The molecular weight excluding hydrogens is 379 g/mol. The average molecular weight is 404 g/mol. The van der Waals surface area contributed by atoms with Crippen LogP contribution in [0, 0.1) is 11.8 Å². The lowest BCUT2D eigenvalue weighted by atomic mass is 9.63. The third-order valence-electron chi connectivity index (χ3n) is 6.40. The molecule has 1 N–H and O–H groups in total. The Balaban J connectivity index is 0.00000182. The maximum atomic E-state index is 13.4. The first kappa shape index (κ1) is 19.3. The van der Waals surface area contributed by atoms with Gasteiger partial charge in [0.05, 0.1) is 15.5 Å². The van der Waals surface area contributed by atoms with Crippen LogP contribution >= 0.6 is 35.6 Å². The van der Waals surface area contributed by atoms with Crippen molar-refractivity contribution in [1.82, 2.24) is 10.2 Å². The molecule has 1 aliphatic carbocycles. The van der Waals surface area contributed by atoms with Gasteiger partial charge in [-0.15, -0.1) is 12.4 Å². The van der Waals surface area contributed by atoms with Crippen LogP contribution in [0.2, 0.25) is 10.0 Å². The van der Waals surface area contributed by atoms with Crippen molar-refractivity contribution in [3.8, 4) is 0 Å². The zero-order valence-electron chi connectivity index (χ0n) is 14.3. The van der Waals surface area contributed by atoms with Crippen LogP contribution in [0.3, 0.4) is 0 Å². The second-order valence-corrected chi connectivity index (χ2v) is 8.43. The molecule has 138 valence electrons. The van der Waals surface area contributed by atoms with Crippen LogP contribution in [0.15, 0.2) is 18.2 Å². The lowest BCUT2D eigenvalue weighted by molar-refractivity contribution is -0.141. The first-order valence-electron chi connectivity index (χ1n) is 9.06. The monoisotopic (exact) mass is 402 g/mol. The zero-order chi connectivity index (χ0) is 16.7. The highest BCUT2D eigenvalue weighted by molar-refractivity contribution is 6.42. The van der Waals surface area contributed by atoms with Gasteiger partial charge in [0.2, 0.25) is 5.91 Å². The third kappa shape index (κ3) is 3.41. The molecule has 2 saturated heterocycles. The maximum absolute atomic E-state index is 13.4. The molecule has 2 aliphatic heterocycles. The molecule has 6 heteroatoms. The topological polar surface area (TPSA) is 32.3 Å². The molecule has 1 saturated carbocycles. The number of likely N-dealkylation sites (tertiary alicyclic amines) is 1. The molecule has 0 unspecified atom stereocenters. The van der Waals surface area contributed by atoms with Gasteiger partial charge in [0.1, 0.15) is 0 Å². The number of fused-ring (bicyclic) bond motifs is 1. The van der Waals surface area contributed by atoms with E-state index in [2.05, 4.69) is 10.2 Å². The second kappa shape index (κ2) is 7.64. The number of hydrogen-bond donors (Lipinski definition) is 1. The first-order chi connectivity index (χ1) is 11.6. The van der Waals surface area contributed by atoms with E-state index in [1.54, 1.807) is 0 Å². The summed E-state index contributed by atoms with van der Waals surface area (Å²) in [6.45, 7) is 4.02. The van der Waals surface area contributed by atoms with Crippen LogP contribution in [0.1, 0.15) is 37.7 Å². The maximum Gasteiger partial charge on any atom is 0.233 e. The minimum Gasteiger partial charge on any atom is -0.342 e. The minimum absolute atomic E-state index is 0. The Morgan fingerprint density at radius 1 is 1.08 bits per heavy atom. The SMILES string of the molecule is Cl.O=C(N1CC[C@@H]2CNC[C@@H]2CC1)C1(c2ccc(Cl)c(Cl)c2)CCC1. The summed E-state index contributed by atoms with van der Waals surface area (Å²) in [5.41, 5.74) is 0.672. The Bertz CT molecular complexity index is 634. The molecule has 2 atom stereocenters. The fraction of sp³-hybridized carbons (Fsp3) is 0.632. The number of nitrogens with one attached hydrogen (secondary N) is 1. The highest BCUT2D eigenvalue weighted by Gasteiger charge is 2.48. The molecule has 3 aliphatic rings. The van der Waals surface area contributed by atoms with E-state index in [1.165, 1.54) is 0 Å². The molecule has 0 aromatic heterocycles. The largest absolute Gasteiger partial charge is 0.342 e. The van der Waals surface area contributed by atoms with E-state index in [0.717, 1.165) is 75.7 Å². The normalized spacial score (nSPS) is 27.7. The Labute approximate surface area is 165 Å². The predicted octanol–water partition coefficient (Wildman–Crippen LogP) is 4.29. The van der Waals surface area contributed by atoms with Gasteiger partial charge in [0.25, 0.3) is 0 Å². The van der Waals surface area contributed by atoms with E-state index in [1.807, 2.05) is 18.2 Å². The summed E-state index contributed by atoms with van der Waals surface area (Å²) in [6, 6.07) is 5.71. The number of amides is 1. The second-order valence-electron chi connectivity index (χ2n) is 7.61. The molecule has 0 bridgehead atoms. The number of carbonyl (C=O) groups is 1. The summed E-state index contributed by atoms with van der Waals surface area (Å²) in [6.07, 6.45) is 5.21. The quantitative estimate of drug-likeness (QED) is 0.798. The Morgan fingerprint density at radius 2 is 1.72 bits per heavy atom. The Morgan fingerprint density at radius 3 is 2.24 bits per heavy atom. The van der Waals surface area contributed by atoms with Crippen molar-refractivity contribution in [2.45, 2.75) is 37.5 Å². The summed E-state index contributed by atoms with van der Waals surface area (Å²) < 4.78 is 0. The summed E-state index contributed by atoms with van der Waals surface area (Å²) in [5.74, 6) is 1.79. The van der Waals surface area contributed by atoms with Crippen molar-refractivity contribution in [2.75, 3.05) is 26.2 Å². The van der Waals surface area contributed by atoms with Gasteiger partial charge in [-0.05, 0) is 68.3 Å². The molecule has 1 aromatic carbocycles. The van der Waals surface area contributed by atoms with E-state index in [0.29, 0.717) is 16.0 Å². The molecular formula is C19H25Cl3N2O. The highest BCUT2D eigenvalue weighted by atomic mass is 35.5. The van der Waals surface area contributed by atoms with Crippen LogP contribution in [0.5, 0.6) is 0 Å². The number of halogens is 3. The fourth-order valence-electron chi connectivity index (χ4n) is 4.67. The molecule has 3 fully saturated rings. The van der Waals surface area contributed by atoms with Gasteiger partial charge in [0.15, 0.2) is 0 Å². The number of nitrogens with zero attached hydrogens (tertiary/aromatic N) is 1. The average Bonchev–Trinajstić information content (AvgIpc) is 2.88. The predicted molar refractivity (Wildman–Crippen MR) is 105 cm³/mol. The van der Waals surface area contributed by atoms with Crippen molar-refractivity contribution in [3.05, 3.63) is 33.8 Å². The van der Waals surface area contributed by atoms with Gasteiger partial charge in [0, 0.05) is 13.1 Å². The van der Waals surface area contributed by atoms with Crippen molar-refractivity contribution in [3.63, 3.8) is 0 Å². The van der Waals surface area contributed by atoms with Crippen LogP contribution in [0.4, 0.5) is 0 Å². The van der Waals surface area contributed by atoms with E-state index >= 15 is 0 Å². The lowest BCUT2D eigenvalue weighted by Crippen LogP contribution is -2.51. The van der Waals surface area contributed by atoms with E-state index in [-0.39, 0.29) is 17.8 Å². The number of hydrogen-bond acceptors (Lipinski definition) is 2. The van der Waals surface area contributed by atoms with E-state index in [4.69, 9.17) is 23.2 Å². The molecule has 0 spiro atoms. The van der Waals surface area contributed by atoms with Crippen LogP contribution in [0.25, 0.3) is 0 Å². The van der Waals surface area contributed by atoms with Gasteiger partial charge in [-0.2, -0.15) is 0 Å². The number of carbonyl (C=O) groups excluding carboxylic acids is 1. The van der Waals surface area contributed by atoms with Gasteiger partial charge >= 0.3 is 0 Å². The summed E-state index contributed by atoms with van der Waals surface area (Å²) in [7, 11) is 0. The van der Waals surface area contributed by atoms with E-state index in [9.17, 15) is 4.79 Å². The van der Waals surface area contributed by atoms with Crippen LogP contribution in [-0.4, -0.2) is 37.0 Å². The molecule has 1 amide bonds. The van der Waals surface area contributed by atoms with Crippen molar-refractivity contribution >= 4 is 41.5 Å². The molecule has 2 heterocycles. The van der Waals surface area contributed by atoms with Gasteiger partial charge in [-0.1, -0.05) is 35.7 Å². The standard InChI is InChI=1S/C19H24Cl2N2O.ClH/c20-16-3-2-15(10-17(16)21)19(6-1-7-19)18(24)23-8-4-13-11-22-12-14(13)5-9-23;/h2-3,10,13-14,22H,1,4-9,11-12H2;1H/t13-,14+;. The highest BCUT2D eigenvalue weighted by Crippen LogP contribution is 2.47.